The predicted octanol–water partition coefficient (Wildman–Crippen LogP) is 3.10. The Morgan fingerprint density at radius 1 is 1.23 bits per heavy atom. The highest BCUT2D eigenvalue weighted by atomic mass is 35.5. The van der Waals surface area contributed by atoms with Gasteiger partial charge in [0.25, 0.3) is 11.5 Å². The second-order valence-corrected chi connectivity index (χ2v) is 7.84. The first kappa shape index (κ1) is 20.4. The van der Waals surface area contributed by atoms with Gasteiger partial charge in [-0.05, 0) is 24.6 Å². The van der Waals surface area contributed by atoms with Crippen LogP contribution in [0.25, 0.3) is 11.1 Å². The van der Waals surface area contributed by atoms with Crippen LogP contribution in [0.15, 0.2) is 52.5 Å². The Kier molecular flexibility index (Phi) is 5.74. The lowest BCUT2D eigenvalue weighted by Crippen LogP contribution is -2.48. The second kappa shape index (κ2) is 8.45. The van der Waals surface area contributed by atoms with Gasteiger partial charge in [-0.25, -0.2) is 4.98 Å². The number of benzene rings is 1. The number of nitrogens with zero attached hydrogens (tertiary/aromatic N) is 4. The number of aromatic nitrogens is 2. The second-order valence-electron chi connectivity index (χ2n) is 7.40. The molecular weight excluding hydrogens is 404 g/mol. The topological polar surface area (TPSA) is 71.6 Å². The average Bonchev–Trinajstić information content (AvgIpc) is 3.09. The standard InChI is InChI=1S/C22H23ClN4O3/c1-3-8-27-14-24-20-19(22(27)29)18(15(2)30-20)21(28)26-11-9-25(10-12-26)13-16-4-6-17(23)7-5-16/h3-7,14H,1,8-13H2,2H3. The van der Waals surface area contributed by atoms with Crippen molar-refractivity contribution >= 4 is 28.6 Å². The average molecular weight is 427 g/mol. The number of fused-ring (bicyclic) bond motifs is 1. The van der Waals surface area contributed by atoms with E-state index in [1.54, 1.807) is 17.9 Å². The van der Waals surface area contributed by atoms with E-state index in [1.807, 2.05) is 24.3 Å². The summed E-state index contributed by atoms with van der Waals surface area (Å²) in [6.45, 7) is 9.16. The maximum absolute atomic E-state index is 13.3. The Balaban J connectivity index is 1.51. The van der Waals surface area contributed by atoms with Gasteiger partial charge in [0.15, 0.2) is 0 Å². The van der Waals surface area contributed by atoms with Gasteiger partial charge < -0.3 is 9.32 Å². The molecule has 8 heteroatoms. The van der Waals surface area contributed by atoms with Gasteiger partial charge >= 0.3 is 0 Å². The van der Waals surface area contributed by atoms with Gasteiger partial charge in [0.1, 0.15) is 17.5 Å². The monoisotopic (exact) mass is 426 g/mol. The number of hydrogen-bond donors (Lipinski definition) is 0. The minimum Gasteiger partial charge on any atom is -0.442 e. The highest BCUT2D eigenvalue weighted by Gasteiger charge is 2.29. The van der Waals surface area contributed by atoms with Crippen molar-refractivity contribution in [3.8, 4) is 0 Å². The van der Waals surface area contributed by atoms with Gasteiger partial charge in [-0.3, -0.25) is 19.1 Å². The SMILES string of the molecule is C=CCn1cnc2oc(C)c(C(=O)N3CCN(Cc4ccc(Cl)cc4)CC3)c2c1=O. The largest absolute Gasteiger partial charge is 0.442 e. The number of amides is 1. The van der Waals surface area contributed by atoms with E-state index in [2.05, 4.69) is 16.5 Å². The molecule has 0 aliphatic carbocycles. The number of hydrogen-bond acceptors (Lipinski definition) is 5. The molecule has 7 nitrogen and oxygen atoms in total. The third-order valence-electron chi connectivity index (χ3n) is 5.37. The molecule has 0 radical (unpaired) electrons. The normalized spacial score (nSPS) is 14.9. The molecule has 1 saturated heterocycles. The minimum atomic E-state index is -0.290. The van der Waals surface area contributed by atoms with Crippen LogP contribution in [0.1, 0.15) is 21.7 Å². The fourth-order valence-corrected chi connectivity index (χ4v) is 3.91. The van der Waals surface area contributed by atoms with Gasteiger partial charge in [-0.1, -0.05) is 29.8 Å². The molecule has 1 amide bonds. The number of halogens is 1. The van der Waals surface area contributed by atoms with Crippen LogP contribution < -0.4 is 5.56 Å². The fraction of sp³-hybridized carbons (Fsp3) is 0.318. The Bertz CT molecular complexity index is 1140. The van der Waals surface area contributed by atoms with E-state index < -0.39 is 0 Å². The highest BCUT2D eigenvalue weighted by molar-refractivity contribution is 6.30. The summed E-state index contributed by atoms with van der Waals surface area (Å²) in [6.07, 6.45) is 3.03. The quantitative estimate of drug-likeness (QED) is 0.586. The van der Waals surface area contributed by atoms with E-state index in [9.17, 15) is 9.59 Å². The van der Waals surface area contributed by atoms with Crippen LogP contribution in [0.5, 0.6) is 0 Å². The minimum absolute atomic E-state index is 0.187. The molecule has 0 spiro atoms. The van der Waals surface area contributed by atoms with Crippen molar-refractivity contribution in [3.05, 3.63) is 75.5 Å². The lowest BCUT2D eigenvalue weighted by atomic mass is 10.1. The molecule has 0 atom stereocenters. The summed E-state index contributed by atoms with van der Waals surface area (Å²) in [6, 6.07) is 7.80. The van der Waals surface area contributed by atoms with Crippen LogP contribution in [-0.2, 0) is 13.1 Å². The third kappa shape index (κ3) is 3.91. The van der Waals surface area contributed by atoms with Crippen LogP contribution in [0, 0.1) is 6.92 Å². The maximum atomic E-state index is 13.3. The van der Waals surface area contributed by atoms with Crippen molar-refractivity contribution in [2.45, 2.75) is 20.0 Å². The molecule has 2 aromatic heterocycles. The van der Waals surface area contributed by atoms with Gasteiger partial charge in [-0.2, -0.15) is 0 Å². The van der Waals surface area contributed by atoms with E-state index in [0.717, 1.165) is 24.7 Å². The molecular formula is C22H23ClN4O3. The number of piperazine rings is 1. The summed E-state index contributed by atoms with van der Waals surface area (Å²) in [4.78, 5) is 34.4. The highest BCUT2D eigenvalue weighted by Crippen LogP contribution is 2.23. The van der Waals surface area contributed by atoms with Crippen molar-refractivity contribution in [2.24, 2.45) is 0 Å². The summed E-state index contributed by atoms with van der Waals surface area (Å²) in [5.41, 5.74) is 1.40. The number of furan rings is 1. The van der Waals surface area contributed by atoms with Crippen LogP contribution >= 0.6 is 11.6 Å². The maximum Gasteiger partial charge on any atom is 0.265 e. The first-order chi connectivity index (χ1) is 14.5. The molecule has 4 rings (SSSR count). The van der Waals surface area contributed by atoms with E-state index in [0.29, 0.717) is 31.0 Å². The van der Waals surface area contributed by atoms with E-state index in [1.165, 1.54) is 16.5 Å². The molecule has 0 bridgehead atoms. The van der Waals surface area contributed by atoms with Crippen molar-refractivity contribution in [1.29, 1.82) is 0 Å². The molecule has 1 aliphatic heterocycles. The number of carbonyl (C=O) groups is 1. The molecule has 30 heavy (non-hydrogen) atoms. The lowest BCUT2D eigenvalue weighted by molar-refractivity contribution is 0.0628. The summed E-state index contributed by atoms with van der Waals surface area (Å²) in [7, 11) is 0. The van der Waals surface area contributed by atoms with Crippen molar-refractivity contribution in [2.75, 3.05) is 26.2 Å². The molecule has 1 aliphatic rings. The Morgan fingerprint density at radius 3 is 2.60 bits per heavy atom. The number of carbonyl (C=O) groups excluding carboxylic acids is 1. The summed E-state index contributed by atoms with van der Waals surface area (Å²) in [5.74, 6) is 0.229. The molecule has 1 aromatic carbocycles. The van der Waals surface area contributed by atoms with E-state index >= 15 is 0 Å². The van der Waals surface area contributed by atoms with Gasteiger partial charge in [0.05, 0.1) is 5.56 Å². The number of aryl methyl sites for hydroxylation is 1. The summed E-state index contributed by atoms with van der Waals surface area (Å²) >= 11 is 5.95. The first-order valence-corrected chi connectivity index (χ1v) is 10.2. The van der Waals surface area contributed by atoms with Gasteiger partial charge in [-0.15, -0.1) is 6.58 Å². The van der Waals surface area contributed by atoms with Crippen LogP contribution in [-0.4, -0.2) is 51.4 Å². The third-order valence-corrected chi connectivity index (χ3v) is 5.63. The molecule has 3 heterocycles. The van der Waals surface area contributed by atoms with Gasteiger partial charge in [0, 0.05) is 44.3 Å². The summed E-state index contributed by atoms with van der Waals surface area (Å²) < 4.78 is 7.04. The Labute approximate surface area is 179 Å². The van der Waals surface area contributed by atoms with E-state index in [-0.39, 0.29) is 22.6 Å². The zero-order chi connectivity index (χ0) is 21.3. The zero-order valence-corrected chi connectivity index (χ0v) is 17.6. The smallest absolute Gasteiger partial charge is 0.265 e. The molecule has 1 fully saturated rings. The van der Waals surface area contributed by atoms with Crippen LogP contribution in [0.3, 0.4) is 0 Å². The van der Waals surface area contributed by atoms with Crippen LogP contribution in [0.4, 0.5) is 0 Å². The van der Waals surface area contributed by atoms with Crippen molar-refractivity contribution in [1.82, 2.24) is 19.4 Å². The number of rotatable bonds is 5. The van der Waals surface area contributed by atoms with Crippen LogP contribution in [0.2, 0.25) is 5.02 Å². The molecule has 3 aromatic rings. The van der Waals surface area contributed by atoms with E-state index in [4.69, 9.17) is 16.0 Å². The van der Waals surface area contributed by atoms with Crippen molar-refractivity contribution < 1.29 is 9.21 Å². The predicted molar refractivity (Wildman–Crippen MR) is 116 cm³/mol. The molecule has 0 N–H and O–H groups in total. The molecule has 156 valence electrons. The van der Waals surface area contributed by atoms with Crippen molar-refractivity contribution in [3.63, 3.8) is 0 Å². The zero-order valence-electron chi connectivity index (χ0n) is 16.8. The first-order valence-electron chi connectivity index (χ1n) is 9.83. The number of allylic oxidation sites excluding steroid dienone is 1. The lowest BCUT2D eigenvalue weighted by Gasteiger charge is -2.34. The van der Waals surface area contributed by atoms with Gasteiger partial charge in [0.2, 0.25) is 5.71 Å². The fourth-order valence-electron chi connectivity index (χ4n) is 3.78. The Hall–Kier alpha value is -2.90. The Morgan fingerprint density at radius 2 is 1.93 bits per heavy atom. The molecule has 0 saturated carbocycles. The summed E-state index contributed by atoms with van der Waals surface area (Å²) in [5, 5.41) is 0.962. The molecule has 0 unspecified atom stereocenters.